The van der Waals surface area contributed by atoms with Gasteiger partial charge in [0.25, 0.3) is 0 Å². The van der Waals surface area contributed by atoms with E-state index >= 15 is 0 Å². The first-order chi connectivity index (χ1) is 10.9. The van der Waals surface area contributed by atoms with Crippen LogP contribution in [-0.4, -0.2) is 0 Å². The van der Waals surface area contributed by atoms with Crippen molar-refractivity contribution in [2.45, 2.75) is 0 Å². The van der Waals surface area contributed by atoms with E-state index in [2.05, 4.69) is 73.3 Å². The Labute approximate surface area is 128 Å². The highest BCUT2D eigenvalue weighted by molar-refractivity contribution is 6.34. The van der Waals surface area contributed by atoms with Crippen LogP contribution in [0.1, 0.15) is 5.56 Å². The van der Waals surface area contributed by atoms with Crippen molar-refractivity contribution in [3.8, 4) is 0 Å². The Morgan fingerprint density at radius 3 is 1.82 bits per heavy atom. The van der Waals surface area contributed by atoms with Gasteiger partial charge in [-0.1, -0.05) is 79.4 Å². The van der Waals surface area contributed by atoms with E-state index in [1.807, 2.05) is 6.08 Å². The molecular weight excluding hydrogens is 264 g/mol. The standard InChI is InChI=1S/C22H14/c1-2-14-12-13-16-8-4-10-18-17-9-3-6-15-7-5-11-19(20(15)17)21(14)22(16)18/h2-13H,1H2. The van der Waals surface area contributed by atoms with Crippen LogP contribution in [0, 0.1) is 0 Å². The molecule has 102 valence electrons. The summed E-state index contributed by atoms with van der Waals surface area (Å²) in [6, 6.07) is 24.2. The van der Waals surface area contributed by atoms with Crippen LogP contribution in [0.25, 0.3) is 49.2 Å². The Bertz CT molecular complexity index is 1170. The summed E-state index contributed by atoms with van der Waals surface area (Å²) >= 11 is 0. The Morgan fingerprint density at radius 1 is 0.545 bits per heavy atom. The molecule has 5 rings (SSSR count). The molecule has 0 heterocycles. The topological polar surface area (TPSA) is 0 Å². The third-order valence-electron chi connectivity index (χ3n) is 4.76. The van der Waals surface area contributed by atoms with Crippen LogP contribution < -0.4 is 0 Å². The lowest BCUT2D eigenvalue weighted by Crippen LogP contribution is -1.88. The van der Waals surface area contributed by atoms with Gasteiger partial charge in [-0.05, 0) is 48.7 Å². The van der Waals surface area contributed by atoms with Crippen LogP contribution in [0.5, 0.6) is 0 Å². The molecule has 0 aliphatic heterocycles. The number of benzene rings is 5. The summed E-state index contributed by atoms with van der Waals surface area (Å²) in [4.78, 5) is 0. The van der Waals surface area contributed by atoms with E-state index in [-0.39, 0.29) is 0 Å². The highest BCUT2D eigenvalue weighted by Crippen LogP contribution is 2.41. The van der Waals surface area contributed by atoms with E-state index in [4.69, 9.17) is 0 Å². The minimum atomic E-state index is 1.21. The molecule has 0 saturated carbocycles. The molecule has 0 aromatic heterocycles. The van der Waals surface area contributed by atoms with Gasteiger partial charge in [-0.2, -0.15) is 0 Å². The number of fused-ring (bicyclic) bond motifs is 2. The van der Waals surface area contributed by atoms with Gasteiger partial charge in [-0.25, -0.2) is 0 Å². The molecule has 0 atom stereocenters. The average Bonchev–Trinajstić information content (AvgIpc) is 2.59. The van der Waals surface area contributed by atoms with Crippen LogP contribution in [0.3, 0.4) is 0 Å². The second-order valence-electron chi connectivity index (χ2n) is 5.85. The molecule has 5 aromatic rings. The first-order valence-electron chi connectivity index (χ1n) is 7.59. The van der Waals surface area contributed by atoms with Gasteiger partial charge >= 0.3 is 0 Å². The molecule has 0 saturated heterocycles. The fraction of sp³-hybridized carbons (Fsp3) is 0. The summed E-state index contributed by atoms with van der Waals surface area (Å²) in [7, 11) is 0. The van der Waals surface area contributed by atoms with Crippen LogP contribution in [0.15, 0.2) is 73.3 Å². The maximum atomic E-state index is 4.02. The number of rotatable bonds is 1. The van der Waals surface area contributed by atoms with Crippen molar-refractivity contribution in [1.82, 2.24) is 0 Å². The Morgan fingerprint density at radius 2 is 1.14 bits per heavy atom. The first kappa shape index (κ1) is 11.8. The molecule has 0 aliphatic rings. The highest BCUT2D eigenvalue weighted by Gasteiger charge is 2.13. The van der Waals surface area contributed by atoms with Gasteiger partial charge in [-0.3, -0.25) is 0 Å². The summed E-state index contributed by atoms with van der Waals surface area (Å²) in [5.41, 5.74) is 1.21. The van der Waals surface area contributed by atoms with Crippen molar-refractivity contribution in [1.29, 1.82) is 0 Å². The zero-order chi connectivity index (χ0) is 14.7. The number of hydrogen-bond donors (Lipinski definition) is 0. The summed E-state index contributed by atoms with van der Waals surface area (Å²) in [5, 5.41) is 10.6. The molecule has 0 heteroatoms. The van der Waals surface area contributed by atoms with E-state index in [1.165, 1.54) is 48.7 Å². The normalized spacial score (nSPS) is 11.8. The predicted molar refractivity (Wildman–Crippen MR) is 97.7 cm³/mol. The predicted octanol–water partition coefficient (Wildman–Crippen LogP) is 6.38. The zero-order valence-corrected chi connectivity index (χ0v) is 12.1. The van der Waals surface area contributed by atoms with E-state index in [0.29, 0.717) is 0 Å². The molecule has 0 unspecified atom stereocenters. The van der Waals surface area contributed by atoms with E-state index in [9.17, 15) is 0 Å². The van der Waals surface area contributed by atoms with Crippen LogP contribution in [0.4, 0.5) is 0 Å². The Balaban J connectivity index is 2.31. The van der Waals surface area contributed by atoms with Gasteiger partial charge < -0.3 is 0 Å². The minimum Gasteiger partial charge on any atom is -0.0984 e. The Hall–Kier alpha value is -2.86. The van der Waals surface area contributed by atoms with Crippen molar-refractivity contribution in [3.63, 3.8) is 0 Å². The smallest absolute Gasteiger partial charge is 0.00203 e. The largest absolute Gasteiger partial charge is 0.0984 e. The molecule has 0 spiro atoms. The quantitative estimate of drug-likeness (QED) is 0.246. The van der Waals surface area contributed by atoms with E-state index in [1.54, 1.807) is 0 Å². The van der Waals surface area contributed by atoms with Gasteiger partial charge in [0.2, 0.25) is 0 Å². The molecule has 0 nitrogen and oxygen atoms in total. The van der Waals surface area contributed by atoms with E-state index < -0.39 is 0 Å². The summed E-state index contributed by atoms with van der Waals surface area (Å²) in [5.74, 6) is 0. The lowest BCUT2D eigenvalue weighted by Gasteiger charge is -2.15. The molecular formula is C22H14. The molecule has 22 heavy (non-hydrogen) atoms. The molecule has 0 aliphatic carbocycles. The number of hydrogen-bond acceptors (Lipinski definition) is 0. The SMILES string of the molecule is C=Cc1ccc2cccc3c4cccc5cccc(c1c23)c54. The second-order valence-corrected chi connectivity index (χ2v) is 5.85. The van der Waals surface area contributed by atoms with Crippen molar-refractivity contribution in [2.24, 2.45) is 0 Å². The fourth-order valence-electron chi connectivity index (χ4n) is 3.85. The maximum absolute atomic E-state index is 4.02. The summed E-state index contributed by atoms with van der Waals surface area (Å²) in [6.45, 7) is 4.02. The average molecular weight is 278 g/mol. The maximum Gasteiger partial charge on any atom is -0.00203 e. The molecule has 5 aromatic carbocycles. The van der Waals surface area contributed by atoms with E-state index in [0.717, 1.165) is 0 Å². The van der Waals surface area contributed by atoms with Crippen molar-refractivity contribution in [3.05, 3.63) is 78.9 Å². The lowest BCUT2D eigenvalue weighted by molar-refractivity contribution is 1.76. The van der Waals surface area contributed by atoms with Gasteiger partial charge in [0.1, 0.15) is 0 Å². The second kappa shape index (κ2) is 4.08. The third-order valence-corrected chi connectivity index (χ3v) is 4.76. The van der Waals surface area contributed by atoms with Crippen molar-refractivity contribution in [2.75, 3.05) is 0 Å². The van der Waals surface area contributed by atoms with Crippen molar-refractivity contribution >= 4 is 49.2 Å². The minimum absolute atomic E-state index is 1.21. The molecule has 0 N–H and O–H groups in total. The molecule has 0 radical (unpaired) electrons. The fourth-order valence-corrected chi connectivity index (χ4v) is 3.85. The summed E-state index contributed by atoms with van der Waals surface area (Å²) < 4.78 is 0. The van der Waals surface area contributed by atoms with Gasteiger partial charge in [0.15, 0.2) is 0 Å². The zero-order valence-electron chi connectivity index (χ0n) is 12.1. The molecule has 0 amide bonds. The van der Waals surface area contributed by atoms with Gasteiger partial charge in [0.05, 0.1) is 0 Å². The van der Waals surface area contributed by atoms with Crippen LogP contribution >= 0.6 is 0 Å². The van der Waals surface area contributed by atoms with Crippen LogP contribution in [0.2, 0.25) is 0 Å². The lowest BCUT2D eigenvalue weighted by atomic mass is 9.88. The first-order valence-corrected chi connectivity index (χ1v) is 7.59. The van der Waals surface area contributed by atoms with Crippen LogP contribution in [-0.2, 0) is 0 Å². The molecule has 0 bridgehead atoms. The molecule has 0 fully saturated rings. The third kappa shape index (κ3) is 1.32. The van der Waals surface area contributed by atoms with Gasteiger partial charge in [-0.15, -0.1) is 0 Å². The van der Waals surface area contributed by atoms with Gasteiger partial charge in [0, 0.05) is 0 Å². The van der Waals surface area contributed by atoms with Crippen molar-refractivity contribution < 1.29 is 0 Å². The highest BCUT2D eigenvalue weighted by atomic mass is 14.2. The monoisotopic (exact) mass is 278 g/mol. The summed E-state index contributed by atoms with van der Waals surface area (Å²) in [6.07, 6.45) is 1.97. The Kier molecular flexibility index (Phi) is 2.18.